The summed E-state index contributed by atoms with van der Waals surface area (Å²) in [4.78, 5) is 138. The number of pyridine rings is 3. The highest BCUT2D eigenvalue weighted by molar-refractivity contribution is 6.05. The lowest BCUT2D eigenvalue weighted by atomic mass is 10.1. The van der Waals surface area contributed by atoms with Crippen LogP contribution in [-0.4, -0.2) is 158 Å². The van der Waals surface area contributed by atoms with Gasteiger partial charge in [-0.05, 0) is 106 Å². The molecule has 35 nitrogen and oxygen atoms in total. The number of aromatic nitrogens is 3. The molecule has 0 saturated heterocycles. The third kappa shape index (κ3) is 22.9. The second kappa shape index (κ2) is 34.5. The lowest BCUT2D eigenvalue weighted by molar-refractivity contribution is -0.118. The number of amides is 8. The zero-order valence-corrected chi connectivity index (χ0v) is 48.0. The Bertz CT molecular complexity index is 3210. The van der Waals surface area contributed by atoms with E-state index in [2.05, 4.69) is 72.1 Å². The van der Waals surface area contributed by atoms with Crippen LogP contribution in [0.1, 0.15) is 93.2 Å². The fourth-order valence-electron chi connectivity index (χ4n) is 7.80. The number of benzene rings is 1. The van der Waals surface area contributed by atoms with E-state index in [9.17, 15) is 38.4 Å². The first-order valence-electron chi connectivity index (χ1n) is 26.6. The molecule has 4 rings (SSSR count). The maximum atomic E-state index is 14.3. The number of nitrogens with two attached hydrogens (primary N) is 10. The van der Waals surface area contributed by atoms with Crippen molar-refractivity contribution in [1.82, 2.24) is 30.9 Å². The molecule has 0 saturated carbocycles. The first kappa shape index (κ1) is 68.4. The maximum absolute atomic E-state index is 14.3. The number of hydrogen-bond donors (Lipinski definition) is 17. The predicted octanol–water partition coefficient (Wildman–Crippen LogP) is -3.31. The van der Waals surface area contributed by atoms with Crippen LogP contribution in [0, 0.1) is 0 Å². The van der Waals surface area contributed by atoms with Crippen LogP contribution in [0.5, 0.6) is 17.2 Å². The van der Waals surface area contributed by atoms with E-state index in [-0.39, 0.29) is 152 Å². The molecule has 4 aromatic rings. The van der Waals surface area contributed by atoms with Crippen molar-refractivity contribution < 1.29 is 52.6 Å². The van der Waals surface area contributed by atoms with Crippen LogP contribution < -0.4 is 109 Å². The monoisotopic (exact) mass is 1210 g/mol. The number of hydrogen-bond acceptors (Lipinski definition) is 19. The van der Waals surface area contributed by atoms with E-state index in [0.29, 0.717) is 6.42 Å². The minimum absolute atomic E-state index is 0.0103. The summed E-state index contributed by atoms with van der Waals surface area (Å²) in [6.07, 6.45) is 0.974. The van der Waals surface area contributed by atoms with Crippen LogP contribution in [0.15, 0.2) is 80.6 Å². The van der Waals surface area contributed by atoms with Crippen molar-refractivity contribution in [2.45, 2.75) is 75.5 Å². The number of rotatable bonds is 34. The fourth-order valence-corrected chi connectivity index (χ4v) is 7.80. The first-order valence-corrected chi connectivity index (χ1v) is 26.6. The number of primary amides is 1. The van der Waals surface area contributed by atoms with E-state index >= 15 is 0 Å². The van der Waals surface area contributed by atoms with Crippen molar-refractivity contribution >= 4 is 94.2 Å². The SMILES string of the molecule is COc1ccc(NC(=O)[C@@H](CCCN=C(N)N)NC(=O)c2nc(NC(=O)[C@@H](CCCN=C(N)N)NC(=O)c3nc(NC(=O)[C@H](N)CCCN=C(N)N)ccc3OC)ccc2OC)nc1C(=O)N[C@H](CCCN=C(N)N)C(=O)Nc1cccc(C(N)=O)c1. The molecule has 8 amide bonds. The van der Waals surface area contributed by atoms with Crippen molar-refractivity contribution in [3.63, 3.8) is 0 Å². The third-order valence-corrected chi connectivity index (χ3v) is 12.1. The minimum Gasteiger partial charge on any atom is -0.494 e. The summed E-state index contributed by atoms with van der Waals surface area (Å²) in [6, 6.07) is 8.85. The van der Waals surface area contributed by atoms with Gasteiger partial charge < -0.3 is 109 Å². The largest absolute Gasteiger partial charge is 0.494 e. The Hall–Kier alpha value is -11.1. The second-order valence-electron chi connectivity index (χ2n) is 18.6. The molecule has 0 unspecified atom stereocenters. The van der Waals surface area contributed by atoms with Gasteiger partial charge in [0, 0.05) is 37.4 Å². The number of aliphatic imine (C=N–C) groups is 4. The number of anilines is 4. The van der Waals surface area contributed by atoms with E-state index in [1.54, 1.807) is 0 Å². The Kier molecular flexibility index (Phi) is 27.1. The van der Waals surface area contributed by atoms with Crippen LogP contribution >= 0.6 is 0 Å². The van der Waals surface area contributed by atoms with Gasteiger partial charge in [0.05, 0.1) is 27.4 Å². The minimum atomic E-state index is -1.40. The van der Waals surface area contributed by atoms with E-state index in [1.165, 1.54) is 82.0 Å². The van der Waals surface area contributed by atoms with Crippen LogP contribution in [0.2, 0.25) is 0 Å². The van der Waals surface area contributed by atoms with Crippen LogP contribution in [0.4, 0.5) is 23.1 Å². The van der Waals surface area contributed by atoms with Crippen molar-refractivity contribution in [2.24, 2.45) is 77.3 Å². The summed E-state index contributed by atoms with van der Waals surface area (Å²) in [5.74, 6) is -7.94. The lowest BCUT2D eigenvalue weighted by Crippen LogP contribution is -2.45. The molecule has 4 atom stereocenters. The van der Waals surface area contributed by atoms with Gasteiger partial charge in [-0.15, -0.1) is 0 Å². The molecule has 0 aliphatic carbocycles. The van der Waals surface area contributed by atoms with E-state index < -0.39 is 77.1 Å². The van der Waals surface area contributed by atoms with Crippen LogP contribution in [0.3, 0.4) is 0 Å². The van der Waals surface area contributed by atoms with Gasteiger partial charge in [-0.3, -0.25) is 58.3 Å². The van der Waals surface area contributed by atoms with Crippen molar-refractivity contribution in [2.75, 3.05) is 68.8 Å². The zero-order valence-electron chi connectivity index (χ0n) is 48.0. The van der Waals surface area contributed by atoms with Crippen molar-refractivity contribution in [3.05, 3.63) is 83.3 Å². The summed E-state index contributed by atoms with van der Waals surface area (Å²) in [7, 11) is 3.79. The zero-order chi connectivity index (χ0) is 64.2. The van der Waals surface area contributed by atoms with E-state index in [4.69, 9.17) is 71.5 Å². The predicted molar refractivity (Wildman–Crippen MR) is 323 cm³/mol. The molecule has 468 valence electrons. The highest BCUT2D eigenvalue weighted by Crippen LogP contribution is 2.24. The Balaban J connectivity index is 1.60. The number of nitrogens with zero attached hydrogens (tertiary/aromatic N) is 7. The normalized spacial score (nSPS) is 11.9. The smallest absolute Gasteiger partial charge is 0.274 e. The molecule has 0 aliphatic heterocycles. The lowest BCUT2D eigenvalue weighted by Gasteiger charge is -2.21. The number of ether oxygens (including phenoxy) is 3. The molecule has 1 aromatic carbocycles. The van der Waals surface area contributed by atoms with Crippen LogP contribution in [0.25, 0.3) is 0 Å². The van der Waals surface area contributed by atoms with Gasteiger partial charge in [0.2, 0.25) is 29.5 Å². The van der Waals surface area contributed by atoms with Gasteiger partial charge >= 0.3 is 0 Å². The van der Waals surface area contributed by atoms with Gasteiger partial charge in [-0.1, -0.05) is 6.07 Å². The van der Waals surface area contributed by atoms with E-state index in [1.807, 2.05) is 0 Å². The molecule has 87 heavy (non-hydrogen) atoms. The Labute approximate surface area is 498 Å². The molecule has 3 aromatic heterocycles. The van der Waals surface area contributed by atoms with Crippen molar-refractivity contribution in [3.8, 4) is 17.2 Å². The summed E-state index contributed by atoms with van der Waals surface area (Å²) in [5, 5.41) is 18.2. The number of guanidine groups is 4. The third-order valence-electron chi connectivity index (χ3n) is 12.1. The average Bonchev–Trinajstić information content (AvgIpc) is 2.84. The molecule has 27 N–H and O–H groups in total. The number of methoxy groups -OCH3 is 3. The summed E-state index contributed by atoms with van der Waals surface area (Å²) in [6.45, 7) is 0.423. The highest BCUT2D eigenvalue weighted by Gasteiger charge is 2.30. The van der Waals surface area contributed by atoms with Gasteiger partial charge in [-0.2, -0.15) is 0 Å². The quantitative estimate of drug-likeness (QED) is 0.0124. The molecule has 0 radical (unpaired) electrons. The number of carbonyl (C=O) groups excluding carboxylic acids is 8. The molecule has 0 aliphatic rings. The number of nitrogens with one attached hydrogen (secondary N) is 7. The molecule has 0 bridgehead atoms. The topological polar surface area (TPSA) is 597 Å². The Morgan fingerprint density at radius 2 is 0.759 bits per heavy atom. The number of carbonyl (C=O) groups is 8. The van der Waals surface area contributed by atoms with Gasteiger partial charge in [0.15, 0.2) is 40.9 Å². The second-order valence-corrected chi connectivity index (χ2v) is 18.6. The summed E-state index contributed by atoms with van der Waals surface area (Å²) in [5.41, 5.74) is 54.5. The van der Waals surface area contributed by atoms with Crippen molar-refractivity contribution in [1.29, 1.82) is 0 Å². The molecular formula is C52H74N24O11. The molecular weight excluding hydrogens is 1140 g/mol. The van der Waals surface area contributed by atoms with E-state index in [0.717, 1.165) is 0 Å². The Morgan fingerprint density at radius 3 is 1.08 bits per heavy atom. The molecule has 35 heteroatoms. The summed E-state index contributed by atoms with van der Waals surface area (Å²) < 4.78 is 16.2. The standard InChI is InChI=1S/C52H74N24O11/c1-85-32-15-18-35(74-42(78)28(53)11-5-21-63-49(55)56)71-38(32)47(83)69-30(13-7-23-65-51(59)60)44(80)76-37-20-17-34(87-3)40(73-37)48(84)70-31(14-8-24-66-52(61)62)45(81)75-36-19-16-33(86-2)39(72-36)46(82)68-29(12-6-22-64-50(57)58)43(79)67-27-10-4-9-26(25-27)41(54)77/h4,9-10,15-20,25,28-31H,5-8,11-14,21-24,53H2,1-3H3,(H2,54,77)(H,67,79)(H,68,82)(H,69,83)(H,70,84)(H4,55,56,63)(H4,57,58,64)(H4,59,60,65)(H4,61,62,66)(H,71,74,78)(H,72,75,81)(H,73,76,80)/t28-,29-,30-,31-/m1/s1. The summed E-state index contributed by atoms with van der Waals surface area (Å²) >= 11 is 0. The maximum Gasteiger partial charge on any atom is 0.274 e. The average molecular weight is 1210 g/mol. The van der Waals surface area contributed by atoms with Crippen LogP contribution in [-0.2, 0) is 19.2 Å². The molecule has 0 spiro atoms. The molecule has 3 heterocycles. The van der Waals surface area contributed by atoms with Gasteiger partial charge in [-0.25, -0.2) is 15.0 Å². The molecule has 0 fully saturated rings. The van der Waals surface area contributed by atoms with Gasteiger partial charge in [0.1, 0.15) is 52.8 Å². The van der Waals surface area contributed by atoms with Gasteiger partial charge in [0.25, 0.3) is 17.7 Å². The first-order chi connectivity index (χ1) is 41.4. The fraction of sp³-hybridized carbons (Fsp3) is 0.365. The Morgan fingerprint density at radius 1 is 0.437 bits per heavy atom. The highest BCUT2D eigenvalue weighted by atomic mass is 16.5.